The number of hydrogen-bond acceptors (Lipinski definition) is 1. The minimum Gasteiger partial charge on any atom is -1.00 e. The van der Waals surface area contributed by atoms with E-state index in [9.17, 15) is 4.79 Å². The van der Waals surface area contributed by atoms with Gasteiger partial charge >= 0.3 is 0 Å². The third-order valence-corrected chi connectivity index (χ3v) is 1.85. The van der Waals surface area contributed by atoms with Crippen LogP contribution in [0.1, 0.15) is 13.3 Å². The number of nitrogens with zero attached hydrogens (tertiary/aromatic N) is 1. The molecule has 3 heteroatoms. The van der Waals surface area contributed by atoms with Crippen LogP contribution in [0.15, 0.2) is 12.7 Å². The maximum atomic E-state index is 11.3. The summed E-state index contributed by atoms with van der Waals surface area (Å²) in [5.41, 5.74) is 0. The lowest BCUT2D eigenvalue weighted by molar-refractivity contribution is -0.886. The molecule has 0 fully saturated rings. The summed E-state index contributed by atoms with van der Waals surface area (Å²) in [7, 11) is 6.07. The fourth-order valence-electron chi connectivity index (χ4n) is 1.27. The van der Waals surface area contributed by atoms with Crippen LogP contribution >= 0.6 is 0 Å². The first kappa shape index (κ1) is 14.2. The zero-order chi connectivity index (χ0) is 9.07. The van der Waals surface area contributed by atoms with Crippen molar-refractivity contribution in [3.05, 3.63) is 12.7 Å². The SMILES string of the molecule is C=CC(=O)C(CC)[N+](C)(C)C.[Cl-]. The summed E-state index contributed by atoms with van der Waals surface area (Å²) < 4.78 is 0.682. The Labute approximate surface area is 81.3 Å². The molecular weight excluding hydrogens is 174 g/mol. The molecule has 0 aliphatic rings. The first-order valence-electron chi connectivity index (χ1n) is 3.90. The van der Waals surface area contributed by atoms with Gasteiger partial charge in [-0.05, 0) is 6.08 Å². The Hall–Kier alpha value is -0.340. The lowest BCUT2D eigenvalue weighted by Crippen LogP contribution is -3.00. The molecule has 0 amide bonds. The fourth-order valence-corrected chi connectivity index (χ4v) is 1.27. The minimum absolute atomic E-state index is 0. The van der Waals surface area contributed by atoms with Gasteiger partial charge in [-0.3, -0.25) is 4.79 Å². The number of quaternary nitrogens is 1. The van der Waals surface area contributed by atoms with Gasteiger partial charge in [-0.2, -0.15) is 0 Å². The first-order valence-corrected chi connectivity index (χ1v) is 3.90. The molecule has 2 nitrogen and oxygen atoms in total. The molecule has 0 radical (unpaired) electrons. The van der Waals surface area contributed by atoms with Crippen molar-refractivity contribution in [2.45, 2.75) is 19.4 Å². The number of rotatable bonds is 4. The number of hydrogen-bond donors (Lipinski definition) is 0. The zero-order valence-electron chi connectivity index (χ0n) is 8.30. The van der Waals surface area contributed by atoms with E-state index >= 15 is 0 Å². The molecule has 0 aromatic carbocycles. The second kappa shape index (κ2) is 5.33. The van der Waals surface area contributed by atoms with Crippen LogP contribution in [0.4, 0.5) is 0 Å². The predicted molar refractivity (Wildman–Crippen MR) is 47.3 cm³/mol. The molecule has 12 heavy (non-hydrogen) atoms. The molecule has 0 aliphatic carbocycles. The van der Waals surface area contributed by atoms with Gasteiger partial charge in [0, 0.05) is 6.42 Å². The topological polar surface area (TPSA) is 17.1 Å². The van der Waals surface area contributed by atoms with Crippen molar-refractivity contribution in [3.8, 4) is 0 Å². The lowest BCUT2D eigenvalue weighted by atomic mass is 10.1. The Morgan fingerprint density at radius 2 is 1.92 bits per heavy atom. The largest absolute Gasteiger partial charge is 1.00 e. The van der Waals surface area contributed by atoms with Crippen LogP contribution < -0.4 is 12.4 Å². The van der Waals surface area contributed by atoms with Crippen LogP contribution in [0.2, 0.25) is 0 Å². The van der Waals surface area contributed by atoms with Crippen LogP contribution in [0.25, 0.3) is 0 Å². The first-order chi connectivity index (χ1) is 4.93. The van der Waals surface area contributed by atoms with Gasteiger partial charge in [0.1, 0.15) is 0 Å². The molecule has 0 aliphatic heterocycles. The van der Waals surface area contributed by atoms with Gasteiger partial charge in [0.05, 0.1) is 21.1 Å². The van der Waals surface area contributed by atoms with E-state index in [1.807, 2.05) is 28.1 Å². The van der Waals surface area contributed by atoms with Crippen LogP contribution in [-0.2, 0) is 4.79 Å². The van der Waals surface area contributed by atoms with Gasteiger partial charge in [-0.25, -0.2) is 0 Å². The number of ketones is 1. The van der Waals surface area contributed by atoms with E-state index < -0.39 is 0 Å². The molecule has 0 saturated carbocycles. The summed E-state index contributed by atoms with van der Waals surface area (Å²) in [6.45, 7) is 5.51. The Morgan fingerprint density at radius 1 is 1.50 bits per heavy atom. The van der Waals surface area contributed by atoms with Crippen molar-refractivity contribution >= 4 is 5.78 Å². The number of likely N-dealkylation sites (N-methyl/N-ethyl adjacent to an activating group) is 1. The smallest absolute Gasteiger partial charge is 0.212 e. The third kappa shape index (κ3) is 3.88. The van der Waals surface area contributed by atoms with Crippen molar-refractivity contribution in [1.29, 1.82) is 0 Å². The monoisotopic (exact) mass is 191 g/mol. The highest BCUT2D eigenvalue weighted by molar-refractivity contribution is 5.92. The third-order valence-electron chi connectivity index (χ3n) is 1.85. The number of halogens is 1. The van der Waals surface area contributed by atoms with Crippen LogP contribution in [0.5, 0.6) is 0 Å². The molecule has 0 N–H and O–H groups in total. The molecule has 72 valence electrons. The van der Waals surface area contributed by atoms with E-state index in [-0.39, 0.29) is 24.2 Å². The molecule has 1 atom stereocenters. The fraction of sp³-hybridized carbons (Fsp3) is 0.667. The Kier molecular flexibility index (Phi) is 6.31. The summed E-state index contributed by atoms with van der Waals surface area (Å²) in [6.07, 6.45) is 2.28. The molecule has 0 aromatic heterocycles. The predicted octanol–water partition coefficient (Wildman–Crippen LogP) is -1.77. The summed E-state index contributed by atoms with van der Waals surface area (Å²) in [5.74, 6) is 0.139. The maximum absolute atomic E-state index is 11.3. The summed E-state index contributed by atoms with van der Waals surface area (Å²) >= 11 is 0. The highest BCUT2D eigenvalue weighted by Crippen LogP contribution is 2.08. The number of carbonyl (C=O) groups is 1. The zero-order valence-corrected chi connectivity index (χ0v) is 9.06. The maximum Gasteiger partial charge on any atom is 0.212 e. The highest BCUT2D eigenvalue weighted by Gasteiger charge is 2.26. The molecule has 0 aromatic rings. The molecule has 0 rings (SSSR count). The summed E-state index contributed by atoms with van der Waals surface area (Å²) in [5, 5.41) is 0. The van der Waals surface area contributed by atoms with Crippen molar-refractivity contribution in [2.75, 3.05) is 21.1 Å². The van der Waals surface area contributed by atoms with Gasteiger partial charge in [-0.1, -0.05) is 13.5 Å². The van der Waals surface area contributed by atoms with Gasteiger partial charge in [-0.15, -0.1) is 0 Å². The second-order valence-corrected chi connectivity index (χ2v) is 3.65. The molecule has 1 unspecified atom stereocenters. The van der Waals surface area contributed by atoms with Crippen LogP contribution in [-0.4, -0.2) is 37.5 Å². The number of carbonyl (C=O) groups excluding carboxylic acids is 1. The van der Waals surface area contributed by atoms with Gasteiger partial charge in [0.2, 0.25) is 5.78 Å². The van der Waals surface area contributed by atoms with E-state index in [0.29, 0.717) is 4.48 Å². The quantitative estimate of drug-likeness (QED) is 0.380. The van der Waals surface area contributed by atoms with Gasteiger partial charge in [0.25, 0.3) is 0 Å². The van der Waals surface area contributed by atoms with Gasteiger partial charge in [0.15, 0.2) is 6.04 Å². The Balaban J connectivity index is 0. The summed E-state index contributed by atoms with van der Waals surface area (Å²) in [6, 6.07) is 0.0625. The van der Waals surface area contributed by atoms with Gasteiger partial charge < -0.3 is 16.9 Å². The van der Waals surface area contributed by atoms with E-state index in [1.165, 1.54) is 6.08 Å². The van der Waals surface area contributed by atoms with E-state index in [4.69, 9.17) is 0 Å². The second-order valence-electron chi connectivity index (χ2n) is 3.65. The molecular formula is C9H18ClNO. The molecule has 0 spiro atoms. The highest BCUT2D eigenvalue weighted by atomic mass is 35.5. The standard InChI is InChI=1S/C9H18NO.ClH/c1-6-8(9(11)7-2)10(3,4)5;/h7-8H,2,6H2,1,3-5H3;1H/q+1;/p-1. The normalized spacial score (nSPS) is 13.0. The van der Waals surface area contributed by atoms with E-state index in [0.717, 1.165) is 6.42 Å². The van der Waals surface area contributed by atoms with Crippen molar-refractivity contribution in [2.24, 2.45) is 0 Å². The molecule has 0 bridgehead atoms. The van der Waals surface area contributed by atoms with E-state index in [1.54, 1.807) is 0 Å². The van der Waals surface area contributed by atoms with E-state index in [2.05, 4.69) is 6.58 Å². The average molecular weight is 192 g/mol. The van der Waals surface area contributed by atoms with Crippen molar-refractivity contribution in [3.63, 3.8) is 0 Å². The minimum atomic E-state index is 0. The molecule has 0 saturated heterocycles. The Morgan fingerprint density at radius 3 is 2.00 bits per heavy atom. The lowest BCUT2D eigenvalue weighted by Gasteiger charge is -2.31. The average Bonchev–Trinajstić information content (AvgIpc) is 1.86. The molecule has 0 heterocycles. The van der Waals surface area contributed by atoms with Crippen molar-refractivity contribution < 1.29 is 21.7 Å². The van der Waals surface area contributed by atoms with Crippen LogP contribution in [0, 0.1) is 0 Å². The summed E-state index contributed by atoms with van der Waals surface area (Å²) in [4.78, 5) is 11.3. The Bertz CT molecular complexity index is 160. The van der Waals surface area contributed by atoms with Crippen molar-refractivity contribution in [1.82, 2.24) is 0 Å². The van der Waals surface area contributed by atoms with Crippen LogP contribution in [0.3, 0.4) is 0 Å².